The summed E-state index contributed by atoms with van der Waals surface area (Å²) < 4.78 is 12.0. The summed E-state index contributed by atoms with van der Waals surface area (Å²) in [7, 11) is -2.04. The predicted molar refractivity (Wildman–Crippen MR) is 132 cm³/mol. The average Bonchev–Trinajstić information content (AvgIpc) is 2.94. The fraction of sp³-hybridized carbons (Fsp3) is 0.520. The molecule has 32 heavy (non-hydrogen) atoms. The Morgan fingerprint density at radius 2 is 1.91 bits per heavy atom. The van der Waals surface area contributed by atoms with E-state index in [0.29, 0.717) is 5.70 Å². The van der Waals surface area contributed by atoms with Gasteiger partial charge in [0.05, 0.1) is 18.1 Å². The van der Waals surface area contributed by atoms with Gasteiger partial charge in [-0.25, -0.2) is 4.79 Å². The van der Waals surface area contributed by atoms with E-state index in [1.54, 1.807) is 4.90 Å². The number of carbonyl (C=O) groups is 2. The van der Waals surface area contributed by atoms with Crippen LogP contribution in [-0.4, -0.2) is 43.8 Å². The Labute approximate surface area is 197 Å². The van der Waals surface area contributed by atoms with Crippen LogP contribution in [0.25, 0.3) is 0 Å². The van der Waals surface area contributed by atoms with E-state index in [0.717, 1.165) is 9.80 Å². The molecule has 1 saturated heterocycles. The first-order chi connectivity index (χ1) is 14.9. The molecule has 2 aliphatic heterocycles. The van der Waals surface area contributed by atoms with Gasteiger partial charge >= 0.3 is 5.97 Å². The number of carbonyl (C=O) groups excluding carboxylic acids is 2. The van der Waals surface area contributed by atoms with Gasteiger partial charge in [-0.1, -0.05) is 70.3 Å². The first-order valence-corrected chi connectivity index (χ1v) is 14.9. The summed E-state index contributed by atoms with van der Waals surface area (Å²) >= 11 is 1.54. The van der Waals surface area contributed by atoms with Crippen molar-refractivity contribution in [2.45, 2.75) is 69.8 Å². The van der Waals surface area contributed by atoms with Gasteiger partial charge in [0.2, 0.25) is 5.91 Å². The fourth-order valence-corrected chi connectivity index (χ4v) is 6.75. The number of rotatable bonds is 8. The molecule has 0 saturated carbocycles. The van der Waals surface area contributed by atoms with Crippen LogP contribution >= 0.6 is 11.8 Å². The second-order valence-electron chi connectivity index (χ2n) is 10.1. The summed E-state index contributed by atoms with van der Waals surface area (Å²) in [6, 6.07) is 9.82. The van der Waals surface area contributed by atoms with Crippen molar-refractivity contribution in [2.24, 2.45) is 11.8 Å². The van der Waals surface area contributed by atoms with E-state index >= 15 is 0 Å². The number of esters is 1. The molecule has 3 rings (SSSR count). The minimum Gasteiger partial charge on any atom is -0.457 e. The number of benzene rings is 1. The molecular weight excluding hydrogens is 438 g/mol. The van der Waals surface area contributed by atoms with Crippen LogP contribution in [0.4, 0.5) is 0 Å². The van der Waals surface area contributed by atoms with Crippen LogP contribution in [0, 0.1) is 11.8 Å². The van der Waals surface area contributed by atoms with Crippen molar-refractivity contribution in [1.29, 1.82) is 0 Å². The normalized spacial score (nSPS) is 24.2. The molecule has 2 heterocycles. The summed E-state index contributed by atoms with van der Waals surface area (Å²) in [4.78, 5) is 29.9. The highest BCUT2D eigenvalue weighted by Crippen LogP contribution is 2.53. The number of hydrogen-bond acceptors (Lipinski definition) is 5. The molecule has 1 aromatic rings. The van der Waals surface area contributed by atoms with Gasteiger partial charge < -0.3 is 14.1 Å². The van der Waals surface area contributed by atoms with Gasteiger partial charge in [-0.2, -0.15) is 0 Å². The minimum absolute atomic E-state index is 0.0136. The molecule has 5 nitrogen and oxygen atoms in total. The highest BCUT2D eigenvalue weighted by atomic mass is 32.2. The zero-order valence-corrected chi connectivity index (χ0v) is 22.0. The number of hydrogen-bond donors (Lipinski definition) is 0. The van der Waals surface area contributed by atoms with Gasteiger partial charge in [-0.3, -0.25) is 4.79 Å². The third kappa shape index (κ3) is 4.47. The van der Waals surface area contributed by atoms with Gasteiger partial charge in [0.15, 0.2) is 8.32 Å². The van der Waals surface area contributed by atoms with Crippen LogP contribution in [0.1, 0.15) is 34.6 Å². The van der Waals surface area contributed by atoms with Gasteiger partial charge in [0, 0.05) is 15.7 Å². The Balaban J connectivity index is 1.90. The van der Waals surface area contributed by atoms with Crippen LogP contribution in [0.3, 0.4) is 0 Å². The molecule has 174 valence electrons. The van der Waals surface area contributed by atoms with Crippen molar-refractivity contribution in [3.63, 3.8) is 0 Å². The highest BCUT2D eigenvalue weighted by molar-refractivity contribution is 8.03. The lowest BCUT2D eigenvalue weighted by Gasteiger charge is -2.50. The first-order valence-electron chi connectivity index (χ1n) is 11.2. The maximum absolute atomic E-state index is 13.3. The van der Waals surface area contributed by atoms with Crippen molar-refractivity contribution in [1.82, 2.24) is 4.90 Å². The summed E-state index contributed by atoms with van der Waals surface area (Å²) in [6.07, 6.45) is 1.33. The van der Waals surface area contributed by atoms with Crippen LogP contribution in [-0.2, 0) is 18.8 Å². The average molecular weight is 474 g/mol. The Hall–Kier alpha value is -1.83. The van der Waals surface area contributed by atoms with Crippen LogP contribution < -0.4 is 0 Å². The summed E-state index contributed by atoms with van der Waals surface area (Å²) in [5, 5.41) is 0.0568. The molecule has 1 aromatic carbocycles. The predicted octanol–water partition coefficient (Wildman–Crippen LogP) is 5.61. The maximum atomic E-state index is 13.3. The lowest BCUT2D eigenvalue weighted by atomic mass is 9.79. The smallest absolute Gasteiger partial charge is 0.356 e. The molecule has 0 N–H and O–H groups in total. The molecular formula is C25H35NO4SSi. The van der Waals surface area contributed by atoms with E-state index < -0.39 is 14.3 Å². The monoisotopic (exact) mass is 473 g/mol. The maximum Gasteiger partial charge on any atom is 0.356 e. The third-order valence-corrected chi connectivity index (χ3v) is 12.7. The Kier molecular flexibility index (Phi) is 7.13. The van der Waals surface area contributed by atoms with E-state index in [1.165, 1.54) is 17.8 Å². The van der Waals surface area contributed by atoms with Crippen molar-refractivity contribution >= 4 is 32.0 Å². The largest absolute Gasteiger partial charge is 0.457 e. The van der Waals surface area contributed by atoms with Gasteiger partial charge in [0.1, 0.15) is 12.3 Å². The molecule has 1 unspecified atom stereocenters. The highest BCUT2D eigenvalue weighted by Gasteiger charge is 2.61. The third-order valence-electron chi connectivity index (χ3n) is 6.88. The molecule has 2 aliphatic rings. The molecule has 0 aromatic heterocycles. The number of nitrogens with zero attached hydrogens (tertiary/aromatic N) is 1. The molecule has 0 aliphatic carbocycles. The fourth-order valence-electron chi connectivity index (χ4n) is 4.17. The summed E-state index contributed by atoms with van der Waals surface area (Å²) in [5.41, 5.74) is 0.374. The molecule has 0 radical (unpaired) electrons. The van der Waals surface area contributed by atoms with E-state index in [2.05, 4.69) is 47.4 Å². The molecule has 1 fully saturated rings. The second kappa shape index (κ2) is 9.19. The van der Waals surface area contributed by atoms with E-state index in [4.69, 9.17) is 9.16 Å². The lowest BCUT2D eigenvalue weighted by Crippen LogP contribution is -2.65. The van der Waals surface area contributed by atoms with Crippen molar-refractivity contribution in [3.05, 3.63) is 53.6 Å². The molecule has 7 heteroatoms. The Bertz CT molecular complexity index is 922. The number of fused-ring (bicyclic) bond motifs is 1. The molecule has 0 bridgehead atoms. The van der Waals surface area contributed by atoms with Gasteiger partial charge in [0.25, 0.3) is 0 Å². The van der Waals surface area contributed by atoms with E-state index in [1.807, 2.05) is 37.3 Å². The molecule has 0 spiro atoms. The number of β-lactam (4-membered cyclic amide) rings is 1. The zero-order valence-electron chi connectivity index (χ0n) is 20.2. The van der Waals surface area contributed by atoms with E-state index in [9.17, 15) is 9.59 Å². The van der Waals surface area contributed by atoms with Crippen LogP contribution in [0.5, 0.6) is 0 Å². The topological polar surface area (TPSA) is 55.8 Å². The second-order valence-corrected chi connectivity index (χ2v) is 16.0. The van der Waals surface area contributed by atoms with Crippen LogP contribution in [0.2, 0.25) is 18.1 Å². The number of amides is 1. The van der Waals surface area contributed by atoms with Crippen molar-refractivity contribution < 1.29 is 18.8 Å². The number of ether oxygens (including phenoxy) is 1. The van der Waals surface area contributed by atoms with E-state index in [-0.39, 0.29) is 41.5 Å². The quantitative estimate of drug-likeness (QED) is 0.213. The number of thioether (sulfide) groups is 1. The molecule has 4 atom stereocenters. The van der Waals surface area contributed by atoms with Gasteiger partial charge in [-0.05, 0) is 37.2 Å². The van der Waals surface area contributed by atoms with Gasteiger partial charge in [-0.15, -0.1) is 0 Å². The Morgan fingerprint density at radius 1 is 1.28 bits per heavy atom. The zero-order chi connectivity index (χ0) is 23.8. The lowest BCUT2D eigenvalue weighted by molar-refractivity contribution is -0.163. The Morgan fingerprint density at radius 3 is 2.47 bits per heavy atom. The minimum atomic E-state index is -2.04. The summed E-state index contributed by atoms with van der Waals surface area (Å²) in [5.74, 6) is -0.778. The van der Waals surface area contributed by atoms with Crippen molar-refractivity contribution in [2.75, 3.05) is 6.61 Å². The first kappa shape index (κ1) is 24.8. The summed E-state index contributed by atoms with van der Waals surface area (Å²) in [6.45, 7) is 18.8. The van der Waals surface area contributed by atoms with Crippen LogP contribution in [0.15, 0.2) is 58.5 Å². The SMILES string of the molecule is C=CCOC(=O)C1=C(Sc2ccccc2)[C@H](C)[C@@H]2C([C@@H](C)O[Si](C)(C)C(C)(C)C)C(=O)N12. The standard InChI is InChI=1S/C25H35NO4SSi/c1-9-15-29-24(28)21-22(31-18-13-11-10-12-14-18)16(2)20-19(23(27)26(20)21)17(3)30-32(7,8)25(4,5)6/h9-14,16-17,19-20H,1,15H2,2-8H3/t16-,17-,19?,20-/m1/s1. The van der Waals surface area contributed by atoms with Crippen molar-refractivity contribution in [3.8, 4) is 0 Å². The molecule has 1 amide bonds.